The zero-order valence-corrected chi connectivity index (χ0v) is 50.9. The van der Waals surface area contributed by atoms with Crippen molar-refractivity contribution >= 4 is 112 Å². The maximum absolute atomic E-state index is 11.5. The quantitative estimate of drug-likeness (QED) is 0.106. The first-order valence-electron chi connectivity index (χ1n) is 24.3. The summed E-state index contributed by atoms with van der Waals surface area (Å²) in [7, 11) is 0. The fraction of sp³-hybridized carbons (Fsp3) is 1.00. The average molecular weight is 1580 g/mol. The van der Waals surface area contributed by atoms with Crippen molar-refractivity contribution < 1.29 is 138 Å². The molecule has 15 aliphatic rings. The number of ether oxygens (including phenoxy) is 14. The van der Waals surface area contributed by atoms with Crippen molar-refractivity contribution in [3.63, 3.8) is 0 Å². The number of rotatable bonds is 7. The lowest BCUT2D eigenvalue weighted by molar-refractivity contribution is -0.388. The molecule has 14 bridgehead atoms. The minimum absolute atomic E-state index is 0.103. The van der Waals surface area contributed by atoms with E-state index in [2.05, 4.69) is 112 Å². The van der Waals surface area contributed by atoms with Gasteiger partial charge in [0.2, 0.25) is 0 Å². The van der Waals surface area contributed by atoms with Crippen LogP contribution in [0.1, 0.15) is 0 Å². The summed E-state index contributed by atoms with van der Waals surface area (Å²) in [6, 6.07) is 0. The minimum Gasteiger partial charge on any atom is -0.387 e. The standard InChI is InChI=1S/C42H63Br7O28/c43-1-8-29-15(50)22(57)36(64-8)72-30-9(2-44)66-38(24(59)17(30)52)74-32-11(4-46)68-40(26(61)19(32)54)76-34-13(6-48)70-42(28(63)21(34)56)77-35-14(7-49)69-41(27(62)20(35)55)75-33-12(5-47)67-39(25(60)18(33)53)73-31-10(3-45)65-37(71-29)23(58)16(31)51/h8-42,50-63H,1-7H2/t8-,9-,10-,11-,12-,13-,14-,15-,16-,17-,18-,19-,20-,21-,22-,23-,24-,25-,26-,27-,28+,29-,30-,31-,32-,33-,34-,35-,36-,37-,38-,39-,40-,41-,42-/m1/s1. The van der Waals surface area contributed by atoms with Gasteiger partial charge in [-0.15, -0.1) is 0 Å². The summed E-state index contributed by atoms with van der Waals surface area (Å²) >= 11 is 23.1. The molecule has 14 N–H and O–H groups in total. The second-order valence-corrected chi connectivity index (χ2v) is 24.0. The van der Waals surface area contributed by atoms with E-state index in [-0.39, 0.29) is 37.3 Å². The Balaban J connectivity index is 1.08. The molecule has 0 saturated carbocycles. The van der Waals surface area contributed by atoms with Crippen LogP contribution in [0.4, 0.5) is 0 Å². The molecule has 28 nitrogen and oxygen atoms in total. The Bertz CT molecular complexity index is 1490. The Labute approximate surface area is 497 Å². The van der Waals surface area contributed by atoms with E-state index >= 15 is 0 Å². The van der Waals surface area contributed by atoms with Crippen molar-refractivity contribution in [2.45, 2.75) is 215 Å². The zero-order chi connectivity index (χ0) is 56.1. The summed E-state index contributed by atoms with van der Waals surface area (Å²) < 4.78 is 84.2. The summed E-state index contributed by atoms with van der Waals surface area (Å²) in [5.74, 6) is 0. The van der Waals surface area contributed by atoms with Crippen LogP contribution in [0.15, 0.2) is 0 Å². The molecule has 0 spiro atoms. The molecule has 15 fully saturated rings. The highest BCUT2D eigenvalue weighted by molar-refractivity contribution is 9.10. The first-order chi connectivity index (χ1) is 36.7. The molecular weight excluding hydrogens is 1510 g/mol. The van der Waals surface area contributed by atoms with Crippen LogP contribution in [0.25, 0.3) is 0 Å². The third-order valence-electron chi connectivity index (χ3n) is 14.6. The largest absolute Gasteiger partial charge is 0.387 e. The van der Waals surface area contributed by atoms with Crippen LogP contribution in [0.2, 0.25) is 0 Å². The van der Waals surface area contributed by atoms with Gasteiger partial charge in [0, 0.05) is 37.3 Å². The van der Waals surface area contributed by atoms with Crippen molar-refractivity contribution in [1.29, 1.82) is 0 Å². The van der Waals surface area contributed by atoms with Gasteiger partial charge in [0.05, 0.1) is 42.7 Å². The zero-order valence-electron chi connectivity index (χ0n) is 39.8. The second kappa shape index (κ2) is 28.4. The van der Waals surface area contributed by atoms with Gasteiger partial charge >= 0.3 is 0 Å². The first kappa shape index (κ1) is 65.2. The lowest BCUT2D eigenvalue weighted by Gasteiger charge is -2.50. The second-order valence-electron chi connectivity index (χ2n) is 19.5. The predicted octanol–water partition coefficient (Wildman–Crippen LogP) is -5.41. The van der Waals surface area contributed by atoms with Crippen molar-refractivity contribution in [2.75, 3.05) is 37.3 Å². The van der Waals surface area contributed by atoms with E-state index < -0.39 is 215 Å². The number of hydrogen-bond donors (Lipinski definition) is 14. The normalized spacial score (nSPS) is 55.4. The van der Waals surface area contributed by atoms with Gasteiger partial charge < -0.3 is 138 Å². The van der Waals surface area contributed by atoms with E-state index in [1.165, 1.54) is 0 Å². The number of fused-ring (bicyclic) bond motifs is 7. The molecule has 448 valence electrons. The van der Waals surface area contributed by atoms with Crippen molar-refractivity contribution in [1.82, 2.24) is 0 Å². The Morgan fingerprint density at radius 1 is 0.169 bits per heavy atom. The Kier molecular flexibility index (Phi) is 24.0. The van der Waals surface area contributed by atoms with E-state index in [1.807, 2.05) is 0 Å². The summed E-state index contributed by atoms with van der Waals surface area (Å²) in [6.07, 6.45) is -58.0. The van der Waals surface area contributed by atoms with Crippen LogP contribution in [-0.2, 0) is 66.3 Å². The highest BCUT2D eigenvalue weighted by Crippen LogP contribution is 2.40. The monoisotopic (exact) mass is 1570 g/mol. The number of aliphatic hydroxyl groups is 14. The lowest BCUT2D eigenvalue weighted by Crippen LogP contribution is -2.68. The highest BCUT2D eigenvalue weighted by atomic mass is 79.9. The number of hydrogen-bond acceptors (Lipinski definition) is 28. The molecule has 15 heterocycles. The van der Waals surface area contributed by atoms with Crippen LogP contribution < -0.4 is 0 Å². The van der Waals surface area contributed by atoms with Crippen molar-refractivity contribution in [3.8, 4) is 0 Å². The fourth-order valence-electron chi connectivity index (χ4n) is 10.3. The van der Waals surface area contributed by atoms with Crippen LogP contribution in [0.5, 0.6) is 0 Å². The fourth-order valence-corrected chi connectivity index (χ4v) is 13.9. The van der Waals surface area contributed by atoms with Crippen molar-refractivity contribution in [3.05, 3.63) is 0 Å². The average Bonchev–Trinajstić information content (AvgIpc) is 3.42. The van der Waals surface area contributed by atoms with E-state index in [0.717, 1.165) is 0 Å². The minimum atomic E-state index is -1.95. The SMILES string of the molecule is O[C@@H]1[C@H]2O[C@H]3[C@H](O)[C@@H](O)[C@@H](O[C@H]4[C@H](O)[C@@H](O)[C@@H](O[C@H]5[C@H](O)[C@@H](O)[C@@H](O[C@H]6[C@H](O)[C@@H](O)[C@@H](O[C@H]7[C@H](O)[C@@H](O)[C@@H](O[C@H]8[C@H](O)[C@@H](O)[C@@H](O[C@@H]([C@@H]1O)[C@@H](CBr)O2)O[C@@H]8CBr)O[C@@H]7CBr)O[C@@H]6CBr)O[C@@H]5CBr)O[C@@H]4CBr)O[C@@H]3CBr. The molecule has 15 aliphatic heterocycles. The van der Waals surface area contributed by atoms with E-state index in [9.17, 15) is 71.5 Å². The van der Waals surface area contributed by atoms with E-state index in [4.69, 9.17) is 66.3 Å². The molecule has 35 atom stereocenters. The van der Waals surface area contributed by atoms with Crippen LogP contribution in [0, 0.1) is 0 Å². The summed E-state index contributed by atoms with van der Waals surface area (Å²) in [6.45, 7) is 0. The molecule has 0 aromatic carbocycles. The van der Waals surface area contributed by atoms with E-state index in [1.54, 1.807) is 0 Å². The Morgan fingerprint density at radius 2 is 0.273 bits per heavy atom. The van der Waals surface area contributed by atoms with Gasteiger partial charge in [-0.1, -0.05) is 112 Å². The highest BCUT2D eigenvalue weighted by Gasteiger charge is 2.59. The molecule has 0 amide bonds. The first-order valence-corrected chi connectivity index (χ1v) is 32.1. The molecule has 77 heavy (non-hydrogen) atoms. The van der Waals surface area contributed by atoms with Gasteiger partial charge in [-0.3, -0.25) is 0 Å². The molecule has 15 rings (SSSR count). The summed E-state index contributed by atoms with van der Waals surface area (Å²) in [4.78, 5) is 0. The van der Waals surface area contributed by atoms with Gasteiger partial charge in [-0.25, -0.2) is 0 Å². The molecule has 0 aromatic rings. The van der Waals surface area contributed by atoms with Crippen molar-refractivity contribution in [2.24, 2.45) is 0 Å². The van der Waals surface area contributed by atoms with Gasteiger partial charge in [0.1, 0.15) is 128 Å². The molecule has 0 unspecified atom stereocenters. The van der Waals surface area contributed by atoms with Crippen LogP contribution in [-0.4, -0.2) is 324 Å². The number of halogens is 7. The smallest absolute Gasteiger partial charge is 0.187 e. The number of aliphatic hydroxyl groups excluding tert-OH is 14. The van der Waals surface area contributed by atoms with E-state index in [0.29, 0.717) is 0 Å². The molecule has 0 radical (unpaired) electrons. The van der Waals surface area contributed by atoms with Crippen LogP contribution >= 0.6 is 112 Å². The third-order valence-corrected chi connectivity index (χ3v) is 19.1. The maximum Gasteiger partial charge on any atom is 0.187 e. The topological polar surface area (TPSA) is 412 Å². The maximum atomic E-state index is 11.5. The summed E-state index contributed by atoms with van der Waals surface area (Å²) in [5.41, 5.74) is 0. The predicted molar refractivity (Wildman–Crippen MR) is 275 cm³/mol. The number of alkyl halides is 7. The Morgan fingerprint density at radius 3 is 0.364 bits per heavy atom. The Hall–Kier alpha value is 2.24. The molecule has 0 aromatic heterocycles. The van der Waals surface area contributed by atoms with Gasteiger partial charge in [0.15, 0.2) is 44.0 Å². The lowest BCUT2D eigenvalue weighted by atomic mass is 9.95. The molecule has 35 heteroatoms. The van der Waals surface area contributed by atoms with Gasteiger partial charge in [-0.05, 0) is 0 Å². The van der Waals surface area contributed by atoms with Gasteiger partial charge in [-0.2, -0.15) is 0 Å². The summed E-state index contributed by atoms with van der Waals surface area (Å²) in [5, 5.41) is 160. The molecule has 15 saturated heterocycles. The molecule has 0 aliphatic carbocycles. The molecular formula is C42H63Br7O28. The third kappa shape index (κ3) is 13.4. The van der Waals surface area contributed by atoms with Crippen LogP contribution in [0.3, 0.4) is 0 Å². The van der Waals surface area contributed by atoms with Gasteiger partial charge in [0.25, 0.3) is 0 Å².